The van der Waals surface area contributed by atoms with E-state index in [1.165, 1.54) is 6.07 Å². The molecule has 54 valence electrons. The van der Waals surface area contributed by atoms with E-state index in [2.05, 4.69) is 15.9 Å². The molecule has 1 aromatic rings. The summed E-state index contributed by atoms with van der Waals surface area (Å²) in [4.78, 5) is 0. The zero-order valence-corrected chi connectivity index (χ0v) is 7.01. The first-order chi connectivity index (χ1) is 4.63. The molecule has 0 spiro atoms. The van der Waals surface area contributed by atoms with Gasteiger partial charge in [-0.2, -0.15) is 0 Å². The van der Waals surface area contributed by atoms with Crippen LogP contribution in [0.25, 0.3) is 0 Å². The number of phenols is 2. The van der Waals surface area contributed by atoms with Crippen LogP contribution in [-0.2, 0) is 0 Å². The van der Waals surface area contributed by atoms with Gasteiger partial charge in [0.05, 0.1) is 4.47 Å². The van der Waals surface area contributed by atoms with Gasteiger partial charge in [-0.15, -0.1) is 0 Å². The summed E-state index contributed by atoms with van der Waals surface area (Å²) in [6.07, 6.45) is 0. The molecule has 2 N–H and O–H groups in total. The molecular formula is C7H7BrO2. The van der Waals surface area contributed by atoms with Crippen molar-refractivity contribution in [2.24, 2.45) is 0 Å². The lowest BCUT2D eigenvalue weighted by Gasteiger charge is -2.01. The van der Waals surface area contributed by atoms with Crippen molar-refractivity contribution in [1.82, 2.24) is 0 Å². The molecule has 0 saturated heterocycles. The van der Waals surface area contributed by atoms with Crippen molar-refractivity contribution in [2.75, 3.05) is 0 Å². The Morgan fingerprint density at radius 2 is 1.90 bits per heavy atom. The minimum atomic E-state index is 0.0972. The van der Waals surface area contributed by atoms with Crippen LogP contribution in [0.4, 0.5) is 0 Å². The van der Waals surface area contributed by atoms with Gasteiger partial charge >= 0.3 is 0 Å². The van der Waals surface area contributed by atoms with Crippen LogP contribution in [0.2, 0.25) is 0 Å². The summed E-state index contributed by atoms with van der Waals surface area (Å²) in [6.45, 7) is 1.65. The van der Waals surface area contributed by atoms with E-state index in [4.69, 9.17) is 5.11 Å². The number of benzene rings is 1. The average Bonchev–Trinajstić information content (AvgIpc) is 1.93. The first kappa shape index (κ1) is 7.41. The Kier molecular flexibility index (Phi) is 1.85. The molecule has 0 heterocycles. The lowest BCUT2D eigenvalue weighted by molar-refractivity contribution is 0.441. The maximum Gasteiger partial charge on any atom is 0.136 e. The van der Waals surface area contributed by atoms with Crippen molar-refractivity contribution in [1.29, 1.82) is 0 Å². The fourth-order valence-electron chi connectivity index (χ4n) is 0.656. The minimum absolute atomic E-state index is 0.0972. The van der Waals surface area contributed by atoms with E-state index in [1.807, 2.05) is 0 Å². The summed E-state index contributed by atoms with van der Waals surface area (Å²) in [5, 5.41) is 18.2. The highest BCUT2D eigenvalue weighted by Crippen LogP contribution is 2.32. The zero-order valence-electron chi connectivity index (χ0n) is 5.43. The van der Waals surface area contributed by atoms with Gasteiger partial charge in [0.15, 0.2) is 0 Å². The van der Waals surface area contributed by atoms with Gasteiger partial charge in [-0.05, 0) is 35.0 Å². The van der Waals surface area contributed by atoms with E-state index in [0.29, 0.717) is 10.0 Å². The molecule has 0 aliphatic rings. The summed E-state index contributed by atoms with van der Waals surface area (Å²) in [7, 11) is 0. The quantitative estimate of drug-likeness (QED) is 0.678. The van der Waals surface area contributed by atoms with E-state index >= 15 is 0 Å². The topological polar surface area (TPSA) is 40.5 Å². The molecule has 0 saturated carbocycles. The molecule has 2 nitrogen and oxygen atoms in total. The Bertz CT molecular complexity index is 231. The summed E-state index contributed by atoms with van der Waals surface area (Å²) in [6, 6.07) is 3.12. The number of halogens is 1. The molecule has 0 bridgehead atoms. The summed E-state index contributed by atoms with van der Waals surface area (Å²) < 4.78 is 0.600. The highest BCUT2D eigenvalue weighted by Gasteiger charge is 2.04. The van der Waals surface area contributed by atoms with Gasteiger partial charge in [0.25, 0.3) is 0 Å². The van der Waals surface area contributed by atoms with Crippen molar-refractivity contribution >= 4 is 15.9 Å². The second kappa shape index (κ2) is 2.50. The van der Waals surface area contributed by atoms with Gasteiger partial charge in [-0.1, -0.05) is 0 Å². The molecule has 0 atom stereocenters. The third kappa shape index (κ3) is 1.09. The number of rotatable bonds is 0. The van der Waals surface area contributed by atoms with Gasteiger partial charge in [-0.3, -0.25) is 0 Å². The SMILES string of the molecule is Cc1c(O)ccc(Br)c1O. The summed E-state index contributed by atoms with van der Waals surface area (Å²) in [5.74, 6) is 0.209. The van der Waals surface area contributed by atoms with Crippen LogP contribution in [0.3, 0.4) is 0 Å². The monoisotopic (exact) mass is 202 g/mol. The summed E-state index contributed by atoms with van der Waals surface area (Å²) in [5.41, 5.74) is 0.495. The van der Waals surface area contributed by atoms with Crippen LogP contribution in [0.5, 0.6) is 11.5 Å². The predicted molar refractivity (Wildman–Crippen MR) is 42.2 cm³/mol. The average molecular weight is 203 g/mol. The summed E-state index contributed by atoms with van der Waals surface area (Å²) >= 11 is 3.12. The van der Waals surface area contributed by atoms with Crippen LogP contribution >= 0.6 is 15.9 Å². The molecule has 0 radical (unpaired) electrons. The smallest absolute Gasteiger partial charge is 0.136 e. The number of hydrogen-bond donors (Lipinski definition) is 2. The lowest BCUT2D eigenvalue weighted by atomic mass is 10.2. The van der Waals surface area contributed by atoms with E-state index in [1.54, 1.807) is 13.0 Å². The molecule has 0 aromatic heterocycles. The first-order valence-electron chi connectivity index (χ1n) is 2.80. The molecule has 0 amide bonds. The van der Waals surface area contributed by atoms with Crippen LogP contribution in [0.1, 0.15) is 5.56 Å². The third-order valence-corrected chi connectivity index (χ3v) is 1.99. The molecular weight excluding hydrogens is 196 g/mol. The van der Waals surface area contributed by atoms with Crippen molar-refractivity contribution in [3.63, 3.8) is 0 Å². The molecule has 0 unspecified atom stereocenters. The Hall–Kier alpha value is -0.700. The third-order valence-electron chi connectivity index (χ3n) is 1.35. The van der Waals surface area contributed by atoms with Crippen molar-refractivity contribution in [3.8, 4) is 11.5 Å². The van der Waals surface area contributed by atoms with E-state index in [9.17, 15) is 5.11 Å². The highest BCUT2D eigenvalue weighted by molar-refractivity contribution is 9.10. The van der Waals surface area contributed by atoms with E-state index in [0.717, 1.165) is 0 Å². The fraction of sp³-hybridized carbons (Fsp3) is 0.143. The normalized spacial score (nSPS) is 9.80. The largest absolute Gasteiger partial charge is 0.508 e. The second-order valence-electron chi connectivity index (χ2n) is 2.04. The minimum Gasteiger partial charge on any atom is -0.508 e. The van der Waals surface area contributed by atoms with Crippen LogP contribution in [0, 0.1) is 6.92 Å². The second-order valence-corrected chi connectivity index (χ2v) is 2.89. The van der Waals surface area contributed by atoms with Crippen molar-refractivity contribution in [3.05, 3.63) is 22.2 Å². The van der Waals surface area contributed by atoms with Gasteiger partial charge in [0.1, 0.15) is 11.5 Å². The van der Waals surface area contributed by atoms with Crippen molar-refractivity contribution < 1.29 is 10.2 Å². The molecule has 1 aromatic carbocycles. The fourth-order valence-corrected chi connectivity index (χ4v) is 1.09. The van der Waals surface area contributed by atoms with Gasteiger partial charge in [0, 0.05) is 5.56 Å². The highest BCUT2D eigenvalue weighted by atomic mass is 79.9. The van der Waals surface area contributed by atoms with Crippen LogP contribution < -0.4 is 0 Å². The lowest BCUT2D eigenvalue weighted by Crippen LogP contribution is -1.76. The molecule has 0 aliphatic heterocycles. The maximum absolute atomic E-state index is 9.18. The Morgan fingerprint density at radius 1 is 1.30 bits per heavy atom. The van der Waals surface area contributed by atoms with E-state index in [-0.39, 0.29) is 11.5 Å². The van der Waals surface area contributed by atoms with Crippen LogP contribution in [-0.4, -0.2) is 10.2 Å². The van der Waals surface area contributed by atoms with Crippen molar-refractivity contribution in [2.45, 2.75) is 6.92 Å². The molecule has 1 rings (SSSR count). The Labute approximate surface area is 67.3 Å². The van der Waals surface area contributed by atoms with Gasteiger partial charge < -0.3 is 10.2 Å². The zero-order chi connectivity index (χ0) is 7.72. The number of phenolic OH excluding ortho intramolecular Hbond substituents is 2. The van der Waals surface area contributed by atoms with Crippen LogP contribution in [0.15, 0.2) is 16.6 Å². The van der Waals surface area contributed by atoms with Gasteiger partial charge in [0.2, 0.25) is 0 Å². The number of hydrogen-bond acceptors (Lipinski definition) is 2. The first-order valence-corrected chi connectivity index (χ1v) is 3.59. The maximum atomic E-state index is 9.18. The Balaban J connectivity index is 3.34. The predicted octanol–water partition coefficient (Wildman–Crippen LogP) is 2.17. The number of aromatic hydroxyl groups is 2. The molecule has 0 fully saturated rings. The molecule has 0 aliphatic carbocycles. The molecule has 3 heteroatoms. The molecule has 10 heavy (non-hydrogen) atoms. The Morgan fingerprint density at radius 3 is 2.40 bits per heavy atom. The standard InChI is InChI=1S/C7H7BrO2/c1-4-6(9)3-2-5(8)7(4)10/h2-3,9-10H,1H3. The van der Waals surface area contributed by atoms with E-state index < -0.39 is 0 Å². The van der Waals surface area contributed by atoms with Gasteiger partial charge in [-0.25, -0.2) is 0 Å².